The summed E-state index contributed by atoms with van der Waals surface area (Å²) in [6.07, 6.45) is 3.83. The van der Waals surface area contributed by atoms with Crippen LogP contribution in [0.25, 0.3) is 0 Å². The first kappa shape index (κ1) is 27.0. The van der Waals surface area contributed by atoms with Gasteiger partial charge in [-0.05, 0) is 54.2 Å². The first-order valence-electron chi connectivity index (χ1n) is 10.4. The molecule has 1 unspecified atom stereocenters. The molecule has 2 aromatic carbocycles. The highest BCUT2D eigenvalue weighted by atomic mass is 35.5. The summed E-state index contributed by atoms with van der Waals surface area (Å²) in [5.41, 5.74) is 1.51. The van der Waals surface area contributed by atoms with Gasteiger partial charge in [0, 0.05) is 23.4 Å². The molecule has 0 spiro atoms. The van der Waals surface area contributed by atoms with E-state index < -0.39 is 27.0 Å². The number of hydrogen-bond acceptors (Lipinski definition) is 6. The molecule has 0 aromatic heterocycles. The van der Waals surface area contributed by atoms with Crippen molar-refractivity contribution >= 4 is 32.6 Å². The van der Waals surface area contributed by atoms with Gasteiger partial charge in [-0.15, -0.1) is 0 Å². The van der Waals surface area contributed by atoms with Gasteiger partial charge in [-0.1, -0.05) is 37.6 Å². The lowest BCUT2D eigenvalue weighted by Gasteiger charge is -2.21. The molecule has 0 fully saturated rings. The summed E-state index contributed by atoms with van der Waals surface area (Å²) in [5, 5.41) is 4.42. The molecule has 1 atom stereocenters. The second kappa shape index (κ2) is 12.3. The fourth-order valence-corrected chi connectivity index (χ4v) is 3.41. The number of amides is 2. The van der Waals surface area contributed by atoms with Crippen LogP contribution in [0.5, 0.6) is 11.5 Å². The fourth-order valence-electron chi connectivity index (χ4n) is 2.94. The van der Waals surface area contributed by atoms with Gasteiger partial charge >= 0.3 is 5.24 Å². The van der Waals surface area contributed by atoms with Crippen molar-refractivity contribution in [3.05, 3.63) is 58.6 Å². The van der Waals surface area contributed by atoms with E-state index in [4.69, 9.17) is 21.1 Å². The Labute approximate surface area is 204 Å². The normalized spacial score (nSPS) is 11.7. The van der Waals surface area contributed by atoms with Gasteiger partial charge in [0.25, 0.3) is 0 Å². The molecule has 0 bridgehead atoms. The van der Waals surface area contributed by atoms with Crippen molar-refractivity contribution in [1.29, 1.82) is 0 Å². The highest BCUT2D eigenvalue weighted by molar-refractivity contribution is 8.05. The number of sulfone groups is 1. The minimum Gasteiger partial charge on any atom is -0.493 e. The summed E-state index contributed by atoms with van der Waals surface area (Å²) in [5.74, 6) is 2.99. The predicted octanol–water partition coefficient (Wildman–Crippen LogP) is 3.17. The number of carbonyl (C=O) groups excluding carboxylic acids is 2. The summed E-state index contributed by atoms with van der Waals surface area (Å²) in [6.45, 7) is 3.65. The molecule has 34 heavy (non-hydrogen) atoms. The van der Waals surface area contributed by atoms with Crippen molar-refractivity contribution < 1.29 is 27.5 Å². The number of para-hydroxylation sites is 1. The predicted molar refractivity (Wildman–Crippen MR) is 131 cm³/mol. The molecule has 2 N–H and O–H groups in total. The summed E-state index contributed by atoms with van der Waals surface area (Å²) >= 11 is 5.87. The second-order valence-corrected chi connectivity index (χ2v) is 10.1. The van der Waals surface area contributed by atoms with Gasteiger partial charge in [0.15, 0.2) is 11.5 Å². The number of benzene rings is 2. The molecule has 182 valence electrons. The molecule has 2 rings (SSSR count). The number of nitrogens with one attached hydrogen (secondary N) is 2. The Kier molecular flexibility index (Phi) is 9.78. The van der Waals surface area contributed by atoms with Gasteiger partial charge in [-0.25, -0.2) is 8.42 Å². The van der Waals surface area contributed by atoms with E-state index in [9.17, 15) is 18.0 Å². The van der Waals surface area contributed by atoms with E-state index in [0.29, 0.717) is 22.9 Å². The minimum atomic E-state index is -3.95. The van der Waals surface area contributed by atoms with E-state index in [-0.39, 0.29) is 12.5 Å². The second-order valence-electron chi connectivity index (χ2n) is 7.75. The molecule has 8 nitrogen and oxygen atoms in total. The average Bonchev–Trinajstić information content (AvgIpc) is 2.77. The van der Waals surface area contributed by atoms with Crippen molar-refractivity contribution in [3.63, 3.8) is 0 Å². The molecule has 0 saturated carbocycles. The summed E-state index contributed by atoms with van der Waals surface area (Å²) in [6, 6.07) is 11.4. The average molecular weight is 507 g/mol. The van der Waals surface area contributed by atoms with Crippen LogP contribution in [-0.2, 0) is 21.1 Å². The van der Waals surface area contributed by atoms with Gasteiger partial charge in [0.05, 0.1) is 7.11 Å². The van der Waals surface area contributed by atoms with E-state index in [0.717, 1.165) is 17.4 Å². The van der Waals surface area contributed by atoms with Crippen molar-refractivity contribution in [2.75, 3.05) is 19.9 Å². The number of hydrogen-bond donors (Lipinski definition) is 2. The monoisotopic (exact) mass is 506 g/mol. The van der Waals surface area contributed by atoms with Crippen LogP contribution in [0.4, 0.5) is 4.79 Å². The summed E-state index contributed by atoms with van der Waals surface area (Å²) in [7, 11) is -2.44. The Hall–Kier alpha value is -3.22. The van der Waals surface area contributed by atoms with Crippen molar-refractivity contribution in [1.82, 2.24) is 10.6 Å². The SMILES string of the molecule is COc1c(CCNC(=O)C(NC(=O)S(C)(=O)=O)C(C)C)cccc1OC#Cc1ccc(Cl)cc1. The highest BCUT2D eigenvalue weighted by Gasteiger charge is 2.27. The number of ether oxygens (including phenoxy) is 2. The first-order chi connectivity index (χ1) is 16.0. The first-order valence-corrected chi connectivity index (χ1v) is 12.7. The Bertz CT molecular complexity index is 1180. The van der Waals surface area contributed by atoms with E-state index in [1.807, 2.05) is 6.07 Å². The number of methoxy groups -OCH3 is 1. The lowest BCUT2D eigenvalue weighted by atomic mass is 10.0. The number of rotatable bonds is 8. The maximum atomic E-state index is 12.6. The molecule has 0 aliphatic carbocycles. The van der Waals surface area contributed by atoms with Crippen LogP contribution >= 0.6 is 11.6 Å². The van der Waals surface area contributed by atoms with Crippen LogP contribution in [0, 0.1) is 17.9 Å². The maximum absolute atomic E-state index is 12.6. The largest absolute Gasteiger partial charge is 0.493 e. The molecule has 10 heteroatoms. The molecule has 0 radical (unpaired) electrons. The quantitative estimate of drug-likeness (QED) is 0.532. The van der Waals surface area contributed by atoms with Gasteiger partial charge in [-0.3, -0.25) is 9.59 Å². The number of carbonyl (C=O) groups is 2. The zero-order valence-electron chi connectivity index (χ0n) is 19.3. The van der Waals surface area contributed by atoms with E-state index >= 15 is 0 Å². The molecule has 0 aliphatic rings. The van der Waals surface area contributed by atoms with Gasteiger partial charge in [0.1, 0.15) is 12.1 Å². The summed E-state index contributed by atoms with van der Waals surface area (Å²) < 4.78 is 33.8. The fraction of sp³-hybridized carbons (Fsp3) is 0.333. The molecular formula is C24H27ClN2O6S. The van der Waals surface area contributed by atoms with Crippen LogP contribution in [0.15, 0.2) is 42.5 Å². The Morgan fingerprint density at radius 2 is 1.79 bits per heavy atom. The van der Waals surface area contributed by atoms with Crippen LogP contribution in [-0.4, -0.2) is 45.5 Å². The zero-order valence-corrected chi connectivity index (χ0v) is 20.9. The molecule has 0 saturated heterocycles. The molecular weight excluding hydrogens is 480 g/mol. The van der Waals surface area contributed by atoms with E-state index in [1.165, 1.54) is 7.11 Å². The standard InChI is InChI=1S/C24H27ClN2O6S/c1-16(2)21(27-24(29)34(4,30)31)23(28)26-14-12-18-6-5-7-20(22(18)32-3)33-15-13-17-8-10-19(25)11-9-17/h5-11,16,21H,12,14H2,1-4H3,(H,26,28)(H,27,29). The zero-order chi connectivity index (χ0) is 25.3. The molecule has 2 aromatic rings. The lowest BCUT2D eigenvalue weighted by molar-refractivity contribution is -0.123. The highest BCUT2D eigenvalue weighted by Crippen LogP contribution is 2.31. The Morgan fingerprint density at radius 3 is 2.38 bits per heavy atom. The van der Waals surface area contributed by atoms with Gasteiger partial charge < -0.3 is 20.1 Å². The van der Waals surface area contributed by atoms with Crippen LogP contribution in [0.3, 0.4) is 0 Å². The minimum absolute atomic E-state index is 0.229. The summed E-state index contributed by atoms with van der Waals surface area (Å²) in [4.78, 5) is 24.3. The van der Waals surface area contributed by atoms with Crippen molar-refractivity contribution in [2.45, 2.75) is 26.3 Å². The van der Waals surface area contributed by atoms with Crippen LogP contribution < -0.4 is 20.1 Å². The van der Waals surface area contributed by atoms with Gasteiger partial charge in [-0.2, -0.15) is 0 Å². The van der Waals surface area contributed by atoms with Crippen molar-refractivity contribution in [3.8, 4) is 23.5 Å². The van der Waals surface area contributed by atoms with Crippen LogP contribution in [0.2, 0.25) is 5.02 Å². The Balaban J connectivity index is 2.03. The van der Waals surface area contributed by atoms with Crippen molar-refractivity contribution in [2.24, 2.45) is 5.92 Å². The third kappa shape index (κ3) is 7.97. The van der Waals surface area contributed by atoms with E-state index in [2.05, 4.69) is 22.7 Å². The molecule has 0 aliphatic heterocycles. The van der Waals surface area contributed by atoms with E-state index in [1.54, 1.807) is 50.2 Å². The number of halogens is 1. The smallest absolute Gasteiger partial charge is 0.336 e. The maximum Gasteiger partial charge on any atom is 0.336 e. The van der Waals surface area contributed by atoms with Gasteiger partial charge in [0.2, 0.25) is 15.7 Å². The van der Waals surface area contributed by atoms with Crippen LogP contribution in [0.1, 0.15) is 25.0 Å². The topological polar surface area (TPSA) is 111 Å². The third-order valence-corrected chi connectivity index (χ3v) is 5.76. The third-order valence-electron chi connectivity index (χ3n) is 4.72. The Morgan fingerprint density at radius 1 is 1.12 bits per heavy atom. The molecule has 0 heterocycles. The molecule has 2 amide bonds. The lowest BCUT2D eigenvalue weighted by Crippen LogP contribution is -2.51.